The Balaban J connectivity index is 1.86. The number of pyridine rings is 1. The molecule has 0 aliphatic rings. The Labute approximate surface area is 213 Å². The van der Waals surface area contributed by atoms with E-state index in [0.717, 1.165) is 5.69 Å². The highest BCUT2D eigenvalue weighted by atomic mass is 35.5. The molecule has 3 aromatic carbocycles. The summed E-state index contributed by atoms with van der Waals surface area (Å²) in [5, 5.41) is 3.78. The maximum atomic E-state index is 13.7. The van der Waals surface area contributed by atoms with Crippen molar-refractivity contribution in [1.29, 1.82) is 0 Å². The Kier molecular flexibility index (Phi) is 7.31. The molecule has 0 fully saturated rings. The Bertz CT molecular complexity index is 1510. The first kappa shape index (κ1) is 24.9. The predicted molar refractivity (Wildman–Crippen MR) is 141 cm³/mol. The number of hydrogen-bond donors (Lipinski definition) is 1. The Morgan fingerprint density at radius 2 is 1.69 bits per heavy atom. The summed E-state index contributed by atoms with van der Waals surface area (Å²) in [7, 11) is 4.50. The number of carbonyl (C=O) groups excluding carboxylic acids is 1. The minimum atomic E-state index is -0.383. The van der Waals surface area contributed by atoms with E-state index in [2.05, 4.69) is 11.9 Å². The number of nitrogens with zero attached hydrogens (tertiary/aromatic N) is 1. The van der Waals surface area contributed by atoms with Gasteiger partial charge in [0.1, 0.15) is 5.76 Å². The van der Waals surface area contributed by atoms with Crippen LogP contribution in [-0.4, -0.2) is 31.8 Å². The van der Waals surface area contributed by atoms with E-state index in [1.165, 1.54) is 21.3 Å². The SMILES string of the molecule is C=C(OC)c1c(CNC(=O)c2ccc(OC)c(OC)c2)c(=O)c2ccc(Cl)cc2n1-c1ccccc1. The molecule has 1 aromatic heterocycles. The first-order valence-corrected chi connectivity index (χ1v) is 11.4. The molecule has 0 aliphatic heterocycles. The molecule has 0 bridgehead atoms. The molecule has 0 aliphatic carbocycles. The van der Waals surface area contributed by atoms with Crippen molar-refractivity contribution in [2.75, 3.05) is 21.3 Å². The Morgan fingerprint density at radius 3 is 2.36 bits per heavy atom. The third-order valence-corrected chi connectivity index (χ3v) is 6.06. The third-order valence-electron chi connectivity index (χ3n) is 5.83. The van der Waals surface area contributed by atoms with Crippen LogP contribution in [0.2, 0.25) is 5.02 Å². The zero-order valence-electron chi connectivity index (χ0n) is 20.1. The molecule has 1 N–H and O–H groups in total. The predicted octanol–water partition coefficient (Wildman–Crippen LogP) is 5.21. The van der Waals surface area contributed by atoms with Gasteiger partial charge in [0.15, 0.2) is 16.9 Å². The van der Waals surface area contributed by atoms with Crippen LogP contribution >= 0.6 is 11.6 Å². The molecular formula is C28H25ClN2O5. The topological polar surface area (TPSA) is 78.8 Å². The fraction of sp³-hybridized carbons (Fsp3) is 0.143. The van der Waals surface area contributed by atoms with Crippen LogP contribution in [0.1, 0.15) is 21.6 Å². The molecule has 1 heterocycles. The monoisotopic (exact) mass is 504 g/mol. The number of fused-ring (bicyclic) bond motifs is 1. The lowest BCUT2D eigenvalue weighted by atomic mass is 10.0. The maximum absolute atomic E-state index is 13.7. The third kappa shape index (κ3) is 4.65. The van der Waals surface area contributed by atoms with Gasteiger partial charge in [0, 0.05) is 33.8 Å². The fourth-order valence-electron chi connectivity index (χ4n) is 4.05. The molecule has 0 saturated carbocycles. The number of para-hydroxylation sites is 1. The van der Waals surface area contributed by atoms with E-state index in [1.54, 1.807) is 36.4 Å². The number of benzene rings is 3. The van der Waals surface area contributed by atoms with Crippen molar-refractivity contribution in [3.63, 3.8) is 0 Å². The van der Waals surface area contributed by atoms with Crippen LogP contribution in [0.3, 0.4) is 0 Å². The number of aromatic nitrogens is 1. The van der Waals surface area contributed by atoms with Crippen molar-refractivity contribution < 1.29 is 19.0 Å². The number of hydrogen-bond acceptors (Lipinski definition) is 5. The quantitative estimate of drug-likeness (QED) is 0.333. The largest absolute Gasteiger partial charge is 0.495 e. The van der Waals surface area contributed by atoms with Crippen LogP contribution in [0.4, 0.5) is 0 Å². The van der Waals surface area contributed by atoms with Gasteiger partial charge < -0.3 is 24.1 Å². The average molecular weight is 505 g/mol. The highest BCUT2D eigenvalue weighted by Gasteiger charge is 2.22. The van der Waals surface area contributed by atoms with Crippen LogP contribution in [-0.2, 0) is 11.3 Å². The van der Waals surface area contributed by atoms with Gasteiger partial charge >= 0.3 is 0 Å². The van der Waals surface area contributed by atoms with Crippen molar-refractivity contribution >= 4 is 34.2 Å². The van der Waals surface area contributed by atoms with E-state index in [1.807, 2.05) is 34.9 Å². The highest BCUT2D eigenvalue weighted by molar-refractivity contribution is 6.31. The van der Waals surface area contributed by atoms with Crippen molar-refractivity contribution in [3.8, 4) is 17.2 Å². The first-order valence-electron chi connectivity index (χ1n) is 11.1. The van der Waals surface area contributed by atoms with E-state index in [9.17, 15) is 9.59 Å². The Hall–Kier alpha value is -4.23. The molecule has 0 saturated heterocycles. The molecule has 4 rings (SSSR count). The number of nitrogens with one attached hydrogen (secondary N) is 1. The molecule has 36 heavy (non-hydrogen) atoms. The normalized spacial score (nSPS) is 10.7. The summed E-state index contributed by atoms with van der Waals surface area (Å²) in [6.45, 7) is 3.97. The number of halogens is 1. The number of amides is 1. The smallest absolute Gasteiger partial charge is 0.251 e. The average Bonchev–Trinajstić information content (AvgIpc) is 2.91. The molecule has 1 amide bonds. The number of rotatable bonds is 8. The lowest BCUT2D eigenvalue weighted by Gasteiger charge is -2.22. The van der Waals surface area contributed by atoms with E-state index in [-0.39, 0.29) is 23.6 Å². The number of carbonyl (C=O) groups is 1. The van der Waals surface area contributed by atoms with Crippen molar-refractivity contribution in [2.24, 2.45) is 0 Å². The number of methoxy groups -OCH3 is 3. The second kappa shape index (κ2) is 10.6. The molecule has 0 unspecified atom stereocenters. The lowest BCUT2D eigenvalue weighted by molar-refractivity contribution is 0.0950. The molecule has 0 radical (unpaired) electrons. The summed E-state index contributed by atoms with van der Waals surface area (Å²) in [5.74, 6) is 0.819. The van der Waals surface area contributed by atoms with Crippen molar-refractivity contribution in [2.45, 2.75) is 6.54 Å². The highest BCUT2D eigenvalue weighted by Crippen LogP contribution is 2.29. The van der Waals surface area contributed by atoms with Gasteiger partial charge in [0.25, 0.3) is 5.91 Å². The summed E-state index contributed by atoms with van der Waals surface area (Å²) < 4.78 is 17.9. The zero-order valence-corrected chi connectivity index (χ0v) is 20.9. The first-order chi connectivity index (χ1) is 17.4. The molecule has 8 heteroatoms. The van der Waals surface area contributed by atoms with Gasteiger partial charge in [0.2, 0.25) is 0 Å². The summed E-state index contributed by atoms with van der Waals surface area (Å²) in [5.41, 5.74) is 2.25. The summed E-state index contributed by atoms with van der Waals surface area (Å²) in [6.07, 6.45) is 0. The van der Waals surface area contributed by atoms with Crippen molar-refractivity contribution in [3.05, 3.63) is 105 Å². The fourth-order valence-corrected chi connectivity index (χ4v) is 4.22. The van der Waals surface area contributed by atoms with Gasteiger partial charge in [-0.25, -0.2) is 0 Å². The second-order valence-electron chi connectivity index (χ2n) is 7.87. The van der Waals surface area contributed by atoms with E-state index in [4.69, 9.17) is 25.8 Å². The summed E-state index contributed by atoms with van der Waals surface area (Å²) in [4.78, 5) is 26.7. The van der Waals surface area contributed by atoms with Gasteiger partial charge in [-0.3, -0.25) is 9.59 Å². The molecule has 7 nitrogen and oxygen atoms in total. The van der Waals surface area contributed by atoms with Crippen LogP contribution in [0.5, 0.6) is 11.5 Å². The minimum absolute atomic E-state index is 0.0604. The number of ether oxygens (including phenoxy) is 3. The van der Waals surface area contributed by atoms with Gasteiger partial charge in [-0.2, -0.15) is 0 Å². The van der Waals surface area contributed by atoms with E-state index >= 15 is 0 Å². The molecule has 4 aromatic rings. The standard InChI is InChI=1S/C28H25ClN2O5/c1-17(34-2)26-22(16-30-28(33)18-10-13-24(35-3)25(14-18)36-4)27(32)21-12-11-19(29)15-23(21)31(26)20-8-6-5-7-9-20/h5-15H,1,16H2,2-4H3,(H,30,33). The summed E-state index contributed by atoms with van der Waals surface area (Å²) in [6, 6.07) is 19.4. The molecule has 184 valence electrons. The van der Waals surface area contributed by atoms with Crippen LogP contribution in [0, 0.1) is 0 Å². The van der Waals surface area contributed by atoms with Crippen LogP contribution in [0.25, 0.3) is 22.3 Å². The second-order valence-corrected chi connectivity index (χ2v) is 8.30. The zero-order chi connectivity index (χ0) is 25.8. The van der Waals surface area contributed by atoms with Crippen LogP contribution in [0.15, 0.2) is 78.1 Å². The maximum Gasteiger partial charge on any atom is 0.251 e. The van der Waals surface area contributed by atoms with E-state index < -0.39 is 0 Å². The molecule has 0 spiro atoms. The Morgan fingerprint density at radius 1 is 0.972 bits per heavy atom. The van der Waals surface area contributed by atoms with Gasteiger partial charge in [-0.15, -0.1) is 0 Å². The lowest BCUT2D eigenvalue weighted by Crippen LogP contribution is -2.29. The molecular weight excluding hydrogens is 480 g/mol. The molecule has 0 atom stereocenters. The van der Waals surface area contributed by atoms with Gasteiger partial charge in [-0.05, 0) is 48.5 Å². The van der Waals surface area contributed by atoms with Crippen LogP contribution < -0.4 is 20.2 Å². The van der Waals surface area contributed by atoms with Gasteiger partial charge in [0.05, 0.1) is 32.5 Å². The minimum Gasteiger partial charge on any atom is -0.495 e. The summed E-state index contributed by atoms with van der Waals surface area (Å²) >= 11 is 6.31. The van der Waals surface area contributed by atoms with E-state index in [0.29, 0.717) is 44.2 Å². The van der Waals surface area contributed by atoms with Gasteiger partial charge in [-0.1, -0.05) is 36.4 Å². The van der Waals surface area contributed by atoms with Crippen molar-refractivity contribution in [1.82, 2.24) is 9.88 Å².